The summed E-state index contributed by atoms with van der Waals surface area (Å²) in [6.07, 6.45) is 1.01. The van der Waals surface area contributed by atoms with Crippen LogP contribution in [0.4, 0.5) is 5.95 Å². The van der Waals surface area contributed by atoms with Crippen molar-refractivity contribution in [2.75, 3.05) is 31.6 Å². The molecule has 0 saturated carbocycles. The number of carbonyl (C=O) groups excluding carboxylic acids is 1. The van der Waals surface area contributed by atoms with E-state index in [1.165, 1.54) is 11.1 Å². The fourth-order valence-electron chi connectivity index (χ4n) is 3.80. The Morgan fingerprint density at radius 2 is 2.00 bits per heavy atom. The number of aromatic nitrogens is 2. The van der Waals surface area contributed by atoms with Crippen LogP contribution in [0.1, 0.15) is 34.8 Å². The number of ether oxygens (including phenoxy) is 1. The lowest BCUT2D eigenvalue weighted by Crippen LogP contribution is -2.40. The topological polar surface area (TPSA) is 59.4 Å². The van der Waals surface area contributed by atoms with Gasteiger partial charge in [0, 0.05) is 31.7 Å². The van der Waals surface area contributed by atoms with E-state index in [1.54, 1.807) is 0 Å². The molecular weight excluding hydrogens is 364 g/mol. The maximum Gasteiger partial charge on any atom is 0.254 e. The van der Waals surface area contributed by atoms with Crippen molar-refractivity contribution in [1.29, 1.82) is 0 Å². The van der Waals surface area contributed by atoms with Crippen molar-refractivity contribution < 1.29 is 9.53 Å². The number of nitrogens with one attached hydrogen (secondary N) is 1. The molecule has 2 heterocycles. The monoisotopic (exact) mass is 392 g/mol. The van der Waals surface area contributed by atoms with Gasteiger partial charge in [-0.25, -0.2) is 4.98 Å². The molecule has 29 heavy (non-hydrogen) atoms. The molecule has 0 spiro atoms. The van der Waals surface area contributed by atoms with Gasteiger partial charge in [0.2, 0.25) is 5.95 Å². The van der Waals surface area contributed by atoms with Gasteiger partial charge in [-0.15, -0.1) is 0 Å². The Morgan fingerprint density at radius 3 is 2.76 bits per heavy atom. The molecule has 1 aliphatic rings. The lowest BCUT2D eigenvalue weighted by molar-refractivity contribution is 0.0303. The van der Waals surface area contributed by atoms with E-state index >= 15 is 0 Å². The van der Waals surface area contributed by atoms with E-state index in [0.29, 0.717) is 38.4 Å². The van der Waals surface area contributed by atoms with Gasteiger partial charge in [-0.2, -0.15) is 0 Å². The molecule has 0 bridgehead atoms. The van der Waals surface area contributed by atoms with Crippen LogP contribution in [-0.4, -0.2) is 46.7 Å². The highest BCUT2D eigenvalue weighted by Gasteiger charge is 2.20. The summed E-state index contributed by atoms with van der Waals surface area (Å²) in [6.45, 7) is 8.35. The Kier molecular flexibility index (Phi) is 5.81. The van der Waals surface area contributed by atoms with Gasteiger partial charge in [0.25, 0.3) is 5.91 Å². The zero-order chi connectivity index (χ0) is 20.2. The largest absolute Gasteiger partial charge is 0.378 e. The number of nitrogens with zero attached hydrogens (tertiary/aromatic N) is 3. The van der Waals surface area contributed by atoms with Gasteiger partial charge in [-0.05, 0) is 37.1 Å². The Morgan fingerprint density at radius 1 is 1.17 bits per heavy atom. The third kappa shape index (κ3) is 4.27. The molecule has 3 aromatic rings. The summed E-state index contributed by atoms with van der Waals surface area (Å²) in [5, 5.41) is 3.48. The van der Waals surface area contributed by atoms with Crippen molar-refractivity contribution in [3.8, 4) is 0 Å². The maximum absolute atomic E-state index is 12.8. The Balaban J connectivity index is 1.60. The van der Waals surface area contributed by atoms with Crippen molar-refractivity contribution in [1.82, 2.24) is 14.5 Å². The molecule has 0 aliphatic carbocycles. The fourth-order valence-corrected chi connectivity index (χ4v) is 3.80. The van der Waals surface area contributed by atoms with Gasteiger partial charge in [0.15, 0.2) is 0 Å². The molecule has 1 saturated heterocycles. The number of rotatable bonds is 6. The third-order valence-electron chi connectivity index (χ3n) is 5.27. The molecular formula is C23H28N4O2. The van der Waals surface area contributed by atoms with Gasteiger partial charge in [0.05, 0.1) is 24.2 Å². The van der Waals surface area contributed by atoms with Gasteiger partial charge < -0.3 is 19.5 Å². The van der Waals surface area contributed by atoms with Crippen LogP contribution in [0.2, 0.25) is 0 Å². The highest BCUT2D eigenvalue weighted by Crippen LogP contribution is 2.23. The van der Waals surface area contributed by atoms with Crippen LogP contribution in [0.25, 0.3) is 11.0 Å². The van der Waals surface area contributed by atoms with Crippen LogP contribution in [0, 0.1) is 6.92 Å². The second-order valence-corrected chi connectivity index (χ2v) is 7.54. The standard InChI is InChI=1S/C23H28N4O2/c1-3-9-27-21-8-7-19(22(28)26-10-12-29-13-11-26)15-20(21)25-23(27)24-16-18-6-4-5-17(2)14-18/h4-8,14-15H,3,9-13,16H2,1-2H3,(H,24,25). The summed E-state index contributed by atoms with van der Waals surface area (Å²) in [5.41, 5.74) is 5.06. The predicted octanol–water partition coefficient (Wildman–Crippen LogP) is 3.84. The van der Waals surface area contributed by atoms with Crippen LogP contribution >= 0.6 is 0 Å². The molecule has 1 aromatic heterocycles. The summed E-state index contributed by atoms with van der Waals surface area (Å²) in [6, 6.07) is 14.3. The highest BCUT2D eigenvalue weighted by atomic mass is 16.5. The van der Waals surface area contributed by atoms with E-state index in [2.05, 4.69) is 48.0 Å². The third-order valence-corrected chi connectivity index (χ3v) is 5.27. The molecule has 0 radical (unpaired) electrons. The predicted molar refractivity (Wildman–Crippen MR) is 115 cm³/mol. The van der Waals surface area contributed by atoms with E-state index in [0.717, 1.165) is 29.9 Å². The van der Waals surface area contributed by atoms with Gasteiger partial charge >= 0.3 is 0 Å². The number of benzene rings is 2. The first-order chi connectivity index (χ1) is 14.2. The summed E-state index contributed by atoms with van der Waals surface area (Å²) in [4.78, 5) is 19.5. The summed E-state index contributed by atoms with van der Waals surface area (Å²) >= 11 is 0. The Hall–Kier alpha value is -2.86. The highest BCUT2D eigenvalue weighted by molar-refractivity contribution is 5.97. The summed E-state index contributed by atoms with van der Waals surface area (Å²) in [7, 11) is 0. The number of hydrogen-bond acceptors (Lipinski definition) is 4. The van der Waals surface area contributed by atoms with Crippen LogP contribution in [0.5, 0.6) is 0 Å². The van der Waals surface area contributed by atoms with Crippen LogP contribution in [0.15, 0.2) is 42.5 Å². The molecule has 0 atom stereocenters. The molecule has 0 unspecified atom stereocenters. The average molecular weight is 393 g/mol. The van der Waals surface area contributed by atoms with E-state index in [4.69, 9.17) is 9.72 Å². The fraction of sp³-hybridized carbons (Fsp3) is 0.391. The van der Waals surface area contributed by atoms with Gasteiger partial charge in [-0.3, -0.25) is 4.79 Å². The molecule has 6 nitrogen and oxygen atoms in total. The minimum absolute atomic E-state index is 0.0505. The zero-order valence-corrected chi connectivity index (χ0v) is 17.1. The van der Waals surface area contributed by atoms with Crippen molar-refractivity contribution >= 4 is 22.9 Å². The number of anilines is 1. The second-order valence-electron chi connectivity index (χ2n) is 7.54. The maximum atomic E-state index is 12.8. The second kappa shape index (κ2) is 8.66. The molecule has 2 aromatic carbocycles. The van der Waals surface area contributed by atoms with Crippen LogP contribution in [-0.2, 0) is 17.8 Å². The van der Waals surface area contributed by atoms with E-state index in [9.17, 15) is 4.79 Å². The Bertz CT molecular complexity index is 1010. The minimum Gasteiger partial charge on any atom is -0.378 e. The summed E-state index contributed by atoms with van der Waals surface area (Å²) < 4.78 is 7.56. The van der Waals surface area contributed by atoms with Gasteiger partial charge in [0.1, 0.15) is 0 Å². The van der Waals surface area contributed by atoms with Crippen molar-refractivity contribution in [2.45, 2.75) is 33.4 Å². The number of fused-ring (bicyclic) bond motifs is 1. The van der Waals surface area contributed by atoms with E-state index in [-0.39, 0.29) is 5.91 Å². The molecule has 4 rings (SSSR count). The normalized spacial score (nSPS) is 14.3. The molecule has 1 amide bonds. The lowest BCUT2D eigenvalue weighted by atomic mass is 10.1. The van der Waals surface area contributed by atoms with Crippen molar-refractivity contribution in [2.24, 2.45) is 0 Å². The molecule has 1 fully saturated rings. The molecule has 1 N–H and O–H groups in total. The number of aryl methyl sites for hydroxylation is 2. The number of hydrogen-bond donors (Lipinski definition) is 1. The summed E-state index contributed by atoms with van der Waals surface area (Å²) in [5.74, 6) is 0.897. The smallest absolute Gasteiger partial charge is 0.254 e. The molecule has 1 aliphatic heterocycles. The molecule has 6 heteroatoms. The number of imidazole rings is 1. The van der Waals surface area contributed by atoms with E-state index < -0.39 is 0 Å². The first-order valence-electron chi connectivity index (χ1n) is 10.3. The zero-order valence-electron chi connectivity index (χ0n) is 17.1. The van der Waals surface area contributed by atoms with Crippen LogP contribution < -0.4 is 5.32 Å². The number of morpholine rings is 1. The first-order valence-corrected chi connectivity index (χ1v) is 10.3. The SMILES string of the molecule is CCCn1c(NCc2cccc(C)c2)nc2cc(C(=O)N3CCOCC3)ccc21. The quantitative estimate of drug-likeness (QED) is 0.692. The number of carbonyl (C=O) groups is 1. The van der Waals surface area contributed by atoms with Crippen molar-refractivity contribution in [3.05, 3.63) is 59.2 Å². The molecule has 152 valence electrons. The minimum atomic E-state index is 0.0505. The lowest BCUT2D eigenvalue weighted by Gasteiger charge is -2.26. The van der Waals surface area contributed by atoms with E-state index in [1.807, 2.05) is 23.1 Å². The Labute approximate surface area is 171 Å². The van der Waals surface area contributed by atoms with Gasteiger partial charge in [-0.1, -0.05) is 36.8 Å². The number of amides is 1. The first kappa shape index (κ1) is 19.5. The van der Waals surface area contributed by atoms with Crippen LogP contribution in [0.3, 0.4) is 0 Å². The average Bonchev–Trinajstić information content (AvgIpc) is 3.09. The van der Waals surface area contributed by atoms with Crippen molar-refractivity contribution in [3.63, 3.8) is 0 Å².